The van der Waals surface area contributed by atoms with E-state index in [1.807, 2.05) is 0 Å². The van der Waals surface area contributed by atoms with Gasteiger partial charge in [-0.15, -0.1) is 0 Å². The predicted octanol–water partition coefficient (Wildman–Crippen LogP) is 1.51. The van der Waals surface area contributed by atoms with Crippen LogP contribution in [0, 0.1) is 11.3 Å². The van der Waals surface area contributed by atoms with Crippen molar-refractivity contribution in [3.8, 4) is 11.8 Å². The van der Waals surface area contributed by atoms with Crippen LogP contribution in [0.5, 0.6) is 5.75 Å². The van der Waals surface area contributed by atoms with Crippen molar-refractivity contribution in [2.75, 3.05) is 6.61 Å². The zero-order valence-electron chi connectivity index (χ0n) is 12.3. The van der Waals surface area contributed by atoms with E-state index in [-0.39, 0.29) is 12.5 Å². The van der Waals surface area contributed by atoms with Gasteiger partial charge in [0.25, 0.3) is 5.91 Å². The molecule has 0 atom stereocenters. The molecule has 1 aliphatic rings. The molecule has 0 bridgehead atoms. The van der Waals surface area contributed by atoms with Crippen molar-refractivity contribution in [3.63, 3.8) is 0 Å². The number of carbonyl (C=O) groups excluding carboxylic acids is 2. The smallest absolute Gasteiger partial charge is 0.259 e. The zero-order valence-corrected chi connectivity index (χ0v) is 12.3. The number of amides is 2. The molecule has 0 aromatic heterocycles. The Balaban J connectivity index is 1.87. The fraction of sp³-hybridized carbons (Fsp3) is 0.438. The summed E-state index contributed by atoms with van der Waals surface area (Å²) in [6.07, 6.45) is 4.36. The number of ether oxygens (including phenoxy) is 1. The summed E-state index contributed by atoms with van der Waals surface area (Å²) < 4.78 is 5.36. The molecule has 0 radical (unpaired) electrons. The first-order chi connectivity index (χ1) is 10.5. The second-order valence-electron chi connectivity index (χ2n) is 5.48. The van der Waals surface area contributed by atoms with Crippen molar-refractivity contribution < 1.29 is 14.3 Å². The van der Waals surface area contributed by atoms with E-state index in [4.69, 9.17) is 10.5 Å². The lowest BCUT2D eigenvalue weighted by atomic mass is 9.83. The zero-order chi connectivity index (χ0) is 16.0. The van der Waals surface area contributed by atoms with Crippen LogP contribution in [0.1, 0.15) is 42.5 Å². The maximum Gasteiger partial charge on any atom is 0.259 e. The summed E-state index contributed by atoms with van der Waals surface area (Å²) in [7, 11) is 0. The largest absolute Gasteiger partial charge is 0.484 e. The molecule has 1 aliphatic carbocycles. The van der Waals surface area contributed by atoms with E-state index in [1.54, 1.807) is 12.1 Å². The average Bonchev–Trinajstić information content (AvgIpc) is 2.54. The van der Waals surface area contributed by atoms with Crippen molar-refractivity contribution >= 4 is 11.8 Å². The molecule has 2 rings (SSSR count). The van der Waals surface area contributed by atoms with E-state index < -0.39 is 11.4 Å². The van der Waals surface area contributed by atoms with Gasteiger partial charge in [-0.3, -0.25) is 9.59 Å². The molecule has 0 saturated heterocycles. The number of primary amides is 1. The van der Waals surface area contributed by atoms with Gasteiger partial charge in [0, 0.05) is 5.56 Å². The van der Waals surface area contributed by atoms with Gasteiger partial charge in [-0.1, -0.05) is 19.3 Å². The maximum atomic E-state index is 12.0. The quantitative estimate of drug-likeness (QED) is 0.859. The first-order valence-electron chi connectivity index (χ1n) is 7.30. The Hall–Kier alpha value is -2.55. The van der Waals surface area contributed by atoms with Crippen LogP contribution in [-0.2, 0) is 4.79 Å². The lowest BCUT2D eigenvalue weighted by Gasteiger charge is -2.31. The molecule has 1 saturated carbocycles. The lowest BCUT2D eigenvalue weighted by Crippen LogP contribution is -2.50. The number of nitrogens with one attached hydrogen (secondary N) is 1. The summed E-state index contributed by atoms with van der Waals surface area (Å²) in [5.41, 5.74) is 4.77. The Kier molecular flexibility index (Phi) is 4.99. The minimum Gasteiger partial charge on any atom is -0.484 e. The van der Waals surface area contributed by atoms with Gasteiger partial charge in [0.1, 0.15) is 11.3 Å². The monoisotopic (exact) mass is 301 g/mol. The van der Waals surface area contributed by atoms with Crippen LogP contribution in [0.25, 0.3) is 0 Å². The third kappa shape index (κ3) is 3.98. The number of hydrogen-bond acceptors (Lipinski definition) is 4. The summed E-state index contributed by atoms with van der Waals surface area (Å²) in [6.45, 7) is -0.167. The number of carbonyl (C=O) groups is 2. The Morgan fingerprint density at radius 2 is 1.86 bits per heavy atom. The summed E-state index contributed by atoms with van der Waals surface area (Å²) in [6, 6.07) is 8.45. The van der Waals surface area contributed by atoms with Gasteiger partial charge in [0.2, 0.25) is 5.91 Å². The van der Waals surface area contributed by atoms with Crippen LogP contribution >= 0.6 is 0 Å². The van der Waals surface area contributed by atoms with Crippen LogP contribution < -0.4 is 15.8 Å². The molecule has 6 heteroatoms. The highest BCUT2D eigenvalue weighted by atomic mass is 16.5. The van der Waals surface area contributed by atoms with Crippen LogP contribution in [0.15, 0.2) is 24.3 Å². The van der Waals surface area contributed by atoms with Crippen molar-refractivity contribution in [1.29, 1.82) is 5.26 Å². The molecule has 1 fully saturated rings. The van der Waals surface area contributed by atoms with Gasteiger partial charge in [-0.25, -0.2) is 0 Å². The van der Waals surface area contributed by atoms with E-state index >= 15 is 0 Å². The van der Waals surface area contributed by atoms with Gasteiger partial charge in [-0.05, 0) is 37.1 Å². The van der Waals surface area contributed by atoms with Crippen molar-refractivity contribution in [2.24, 2.45) is 5.73 Å². The SMILES string of the molecule is N#CC1(NC(=O)COc2ccc(C(N)=O)cc2)CCCCC1. The van der Waals surface area contributed by atoms with E-state index in [2.05, 4.69) is 11.4 Å². The maximum absolute atomic E-state index is 12.0. The Morgan fingerprint density at radius 1 is 1.23 bits per heavy atom. The van der Waals surface area contributed by atoms with Crippen LogP contribution in [0.3, 0.4) is 0 Å². The van der Waals surface area contributed by atoms with Crippen molar-refractivity contribution in [2.45, 2.75) is 37.6 Å². The van der Waals surface area contributed by atoms with Crippen LogP contribution in [0.4, 0.5) is 0 Å². The first-order valence-corrected chi connectivity index (χ1v) is 7.30. The highest BCUT2D eigenvalue weighted by molar-refractivity contribution is 5.92. The van der Waals surface area contributed by atoms with Crippen molar-refractivity contribution in [3.05, 3.63) is 29.8 Å². The highest BCUT2D eigenvalue weighted by Crippen LogP contribution is 2.27. The second kappa shape index (κ2) is 6.94. The Morgan fingerprint density at radius 3 is 2.41 bits per heavy atom. The summed E-state index contributed by atoms with van der Waals surface area (Å²) in [4.78, 5) is 22.9. The molecule has 0 heterocycles. The van der Waals surface area contributed by atoms with Gasteiger partial charge in [-0.2, -0.15) is 5.26 Å². The fourth-order valence-corrected chi connectivity index (χ4v) is 2.59. The number of benzene rings is 1. The van der Waals surface area contributed by atoms with E-state index in [0.717, 1.165) is 19.3 Å². The second-order valence-corrected chi connectivity index (χ2v) is 5.48. The predicted molar refractivity (Wildman–Crippen MR) is 80.0 cm³/mol. The molecule has 3 N–H and O–H groups in total. The highest BCUT2D eigenvalue weighted by Gasteiger charge is 2.33. The first kappa shape index (κ1) is 15.8. The standard InChI is InChI=1S/C16H19N3O3/c17-11-16(8-2-1-3-9-16)19-14(20)10-22-13-6-4-12(5-7-13)15(18)21/h4-7H,1-3,8-10H2,(H2,18,21)(H,19,20). The molecule has 1 aromatic carbocycles. The molecule has 0 unspecified atom stereocenters. The minimum absolute atomic E-state index is 0.167. The van der Waals surface area contributed by atoms with Gasteiger partial charge < -0.3 is 15.8 Å². The average molecular weight is 301 g/mol. The van der Waals surface area contributed by atoms with Crippen LogP contribution in [-0.4, -0.2) is 24.0 Å². The van der Waals surface area contributed by atoms with Crippen molar-refractivity contribution in [1.82, 2.24) is 5.32 Å². The number of rotatable bonds is 5. The number of hydrogen-bond donors (Lipinski definition) is 2. The Labute approximate surface area is 129 Å². The molecule has 1 aromatic rings. The number of nitrogens with two attached hydrogens (primary N) is 1. The van der Waals surface area contributed by atoms with Gasteiger partial charge in [0.15, 0.2) is 6.61 Å². The molecule has 22 heavy (non-hydrogen) atoms. The molecule has 2 amide bonds. The third-order valence-corrected chi connectivity index (χ3v) is 3.81. The number of nitrogens with zero attached hydrogens (tertiary/aromatic N) is 1. The molecular weight excluding hydrogens is 282 g/mol. The molecule has 6 nitrogen and oxygen atoms in total. The lowest BCUT2D eigenvalue weighted by molar-refractivity contribution is -0.124. The van der Waals surface area contributed by atoms with E-state index in [9.17, 15) is 14.9 Å². The number of nitriles is 1. The van der Waals surface area contributed by atoms with Crippen LogP contribution in [0.2, 0.25) is 0 Å². The summed E-state index contributed by atoms with van der Waals surface area (Å²) >= 11 is 0. The molecular formula is C16H19N3O3. The Bertz CT molecular complexity index is 584. The molecule has 0 spiro atoms. The molecule has 0 aliphatic heterocycles. The van der Waals surface area contributed by atoms with E-state index in [1.165, 1.54) is 12.1 Å². The summed E-state index contributed by atoms with van der Waals surface area (Å²) in [5, 5.41) is 12.1. The minimum atomic E-state index is -0.755. The summed E-state index contributed by atoms with van der Waals surface area (Å²) in [5.74, 6) is -0.366. The topological polar surface area (TPSA) is 105 Å². The normalized spacial score (nSPS) is 16.3. The third-order valence-electron chi connectivity index (χ3n) is 3.81. The van der Waals surface area contributed by atoms with Gasteiger partial charge >= 0.3 is 0 Å². The van der Waals surface area contributed by atoms with Gasteiger partial charge in [0.05, 0.1) is 6.07 Å². The van der Waals surface area contributed by atoms with E-state index in [0.29, 0.717) is 24.2 Å². The fourth-order valence-electron chi connectivity index (χ4n) is 2.59. The molecule has 116 valence electrons.